The highest BCUT2D eigenvalue weighted by atomic mass is 16.8. The molecule has 1 spiro atoms. The molecule has 7 atom stereocenters. The third-order valence-electron chi connectivity index (χ3n) is 6.30. The van der Waals surface area contributed by atoms with Gasteiger partial charge in [0, 0.05) is 12.8 Å². The summed E-state index contributed by atoms with van der Waals surface area (Å²) in [5.41, 5.74) is 0. The number of fused-ring (bicyclic) bond motifs is 3. The zero-order valence-corrected chi connectivity index (χ0v) is 15.7. The summed E-state index contributed by atoms with van der Waals surface area (Å²) in [6.45, 7) is -0.395. The van der Waals surface area contributed by atoms with E-state index < -0.39 is 30.7 Å². The van der Waals surface area contributed by atoms with Crippen LogP contribution in [0.2, 0.25) is 0 Å². The molecule has 1 aliphatic carbocycles. The number of carbonyl (C=O) groups excluding carboxylic acids is 1. The van der Waals surface area contributed by atoms with Crippen molar-refractivity contribution in [2.45, 2.75) is 99.9 Å². The predicted octanol–water partition coefficient (Wildman–Crippen LogP) is 0.662. The van der Waals surface area contributed by atoms with E-state index in [1.165, 1.54) is 7.11 Å². The predicted molar refractivity (Wildman–Crippen MR) is 91.8 cm³/mol. The second-order valence-electron chi connectivity index (χ2n) is 8.11. The summed E-state index contributed by atoms with van der Waals surface area (Å²) >= 11 is 0. The molecule has 3 heterocycles. The van der Waals surface area contributed by atoms with Crippen molar-refractivity contribution in [3.05, 3.63) is 0 Å². The van der Waals surface area contributed by atoms with Gasteiger partial charge in [-0.25, -0.2) is 0 Å². The molecule has 0 unspecified atom stereocenters. The van der Waals surface area contributed by atoms with Gasteiger partial charge in [0.1, 0.15) is 30.5 Å². The third-order valence-corrected chi connectivity index (χ3v) is 6.30. The molecule has 8 nitrogen and oxygen atoms in total. The lowest BCUT2D eigenvalue weighted by molar-refractivity contribution is -0.256. The molecule has 2 N–H and O–H groups in total. The van der Waals surface area contributed by atoms with Gasteiger partial charge in [-0.3, -0.25) is 4.79 Å². The molecule has 27 heavy (non-hydrogen) atoms. The van der Waals surface area contributed by atoms with Gasteiger partial charge in [-0.1, -0.05) is 6.42 Å². The fraction of sp³-hybridized carbons (Fsp3) is 0.947. The molecule has 8 heteroatoms. The molecule has 0 aromatic rings. The summed E-state index contributed by atoms with van der Waals surface area (Å²) in [6, 6.07) is 0. The second kappa shape index (κ2) is 7.93. The first-order valence-corrected chi connectivity index (χ1v) is 10.1. The molecule has 0 radical (unpaired) electrons. The smallest absolute Gasteiger partial charge is 0.308 e. The van der Waals surface area contributed by atoms with Crippen molar-refractivity contribution >= 4 is 5.97 Å². The molecule has 0 aromatic heterocycles. The number of hydrogen-bond donors (Lipinski definition) is 2. The Balaban J connectivity index is 1.54. The topological polar surface area (TPSA) is 104 Å². The van der Waals surface area contributed by atoms with Crippen LogP contribution >= 0.6 is 0 Å². The first-order valence-electron chi connectivity index (χ1n) is 10.1. The summed E-state index contributed by atoms with van der Waals surface area (Å²) in [4.78, 5) is 11.6. The summed E-state index contributed by atoms with van der Waals surface area (Å²) < 4.78 is 29.8. The van der Waals surface area contributed by atoms with Gasteiger partial charge in [-0.15, -0.1) is 0 Å². The Morgan fingerprint density at radius 2 is 1.85 bits per heavy atom. The molecule has 0 aromatic carbocycles. The summed E-state index contributed by atoms with van der Waals surface area (Å²) in [6.07, 6.45) is 3.00. The van der Waals surface area contributed by atoms with Crippen LogP contribution in [-0.4, -0.2) is 78.4 Å². The van der Waals surface area contributed by atoms with E-state index in [1.807, 2.05) is 0 Å². The van der Waals surface area contributed by atoms with Crippen molar-refractivity contribution < 1.29 is 38.7 Å². The largest absolute Gasteiger partial charge is 0.469 e. The summed E-state index contributed by atoms with van der Waals surface area (Å²) in [7, 11) is 1.37. The quantitative estimate of drug-likeness (QED) is 0.680. The lowest BCUT2D eigenvalue weighted by Crippen LogP contribution is -2.62. The van der Waals surface area contributed by atoms with Crippen LogP contribution < -0.4 is 0 Å². The van der Waals surface area contributed by atoms with Crippen LogP contribution in [0.1, 0.15) is 51.4 Å². The van der Waals surface area contributed by atoms with E-state index in [9.17, 15) is 15.0 Å². The molecule has 3 aliphatic heterocycles. The fourth-order valence-corrected chi connectivity index (χ4v) is 4.93. The van der Waals surface area contributed by atoms with Crippen LogP contribution in [0.4, 0.5) is 0 Å². The number of hydrogen-bond acceptors (Lipinski definition) is 8. The van der Waals surface area contributed by atoms with Gasteiger partial charge in [-0.05, 0) is 25.7 Å². The Morgan fingerprint density at radius 1 is 1.11 bits per heavy atom. The number of rotatable bonds is 4. The van der Waals surface area contributed by atoms with E-state index in [-0.39, 0.29) is 36.8 Å². The Bertz CT molecular complexity index is 534. The van der Waals surface area contributed by atoms with Crippen LogP contribution in [0.25, 0.3) is 0 Å². The molecule has 4 aliphatic rings. The number of aliphatic hydroxyl groups excluding tert-OH is 2. The molecule has 154 valence electrons. The summed E-state index contributed by atoms with van der Waals surface area (Å²) in [5, 5.41) is 19.8. The highest BCUT2D eigenvalue weighted by Crippen LogP contribution is 2.47. The standard InChI is InChI=1S/C19H30O8/c1-23-14(22)9-11-5-6-13-16(24-11)18-17(15(25-13)12(21)10-20)26-19(27-18)7-3-2-4-8-19/h11-13,15-18,20-21H,2-10H2,1H3/t11-,12+,13+,15+,16+,17-,18+/m1/s1. The number of ether oxygens (including phenoxy) is 5. The van der Waals surface area contributed by atoms with E-state index in [0.717, 1.165) is 32.1 Å². The Kier molecular flexibility index (Phi) is 5.74. The average molecular weight is 386 g/mol. The molecule has 0 amide bonds. The van der Waals surface area contributed by atoms with E-state index >= 15 is 0 Å². The fourth-order valence-electron chi connectivity index (χ4n) is 4.93. The lowest BCUT2D eigenvalue weighted by Gasteiger charge is -2.47. The molecular weight excluding hydrogens is 356 g/mol. The maximum atomic E-state index is 11.6. The van der Waals surface area contributed by atoms with Crippen molar-refractivity contribution in [3.63, 3.8) is 0 Å². The van der Waals surface area contributed by atoms with E-state index in [0.29, 0.717) is 12.8 Å². The van der Waals surface area contributed by atoms with Gasteiger partial charge in [0.2, 0.25) is 0 Å². The molecule has 4 fully saturated rings. The van der Waals surface area contributed by atoms with Gasteiger partial charge in [-0.2, -0.15) is 0 Å². The van der Waals surface area contributed by atoms with Crippen molar-refractivity contribution in [3.8, 4) is 0 Å². The number of methoxy groups -OCH3 is 1. The van der Waals surface area contributed by atoms with Crippen LogP contribution in [0.15, 0.2) is 0 Å². The van der Waals surface area contributed by atoms with Crippen LogP contribution in [-0.2, 0) is 28.5 Å². The van der Waals surface area contributed by atoms with Crippen LogP contribution in [0.3, 0.4) is 0 Å². The Morgan fingerprint density at radius 3 is 2.56 bits per heavy atom. The number of aliphatic hydroxyl groups is 2. The Labute approximate surface area is 159 Å². The lowest BCUT2D eigenvalue weighted by atomic mass is 9.87. The minimum absolute atomic E-state index is 0.200. The van der Waals surface area contributed by atoms with E-state index in [1.54, 1.807) is 0 Å². The van der Waals surface area contributed by atoms with Crippen molar-refractivity contribution in [1.82, 2.24) is 0 Å². The second-order valence-corrected chi connectivity index (χ2v) is 8.11. The number of carbonyl (C=O) groups is 1. The zero-order valence-electron chi connectivity index (χ0n) is 15.7. The van der Waals surface area contributed by atoms with Gasteiger partial charge in [0.15, 0.2) is 5.79 Å². The molecular formula is C19H30O8. The first-order chi connectivity index (χ1) is 13.0. The number of esters is 1. The minimum atomic E-state index is -1.03. The van der Waals surface area contributed by atoms with Crippen LogP contribution in [0.5, 0.6) is 0 Å². The van der Waals surface area contributed by atoms with Crippen molar-refractivity contribution in [2.75, 3.05) is 13.7 Å². The zero-order chi connectivity index (χ0) is 19.0. The minimum Gasteiger partial charge on any atom is -0.469 e. The maximum Gasteiger partial charge on any atom is 0.308 e. The molecule has 0 bridgehead atoms. The highest BCUT2D eigenvalue weighted by molar-refractivity contribution is 5.69. The molecule has 4 rings (SSSR count). The maximum absolute atomic E-state index is 11.6. The van der Waals surface area contributed by atoms with Gasteiger partial charge in [0.05, 0.1) is 32.3 Å². The average Bonchev–Trinajstić information content (AvgIpc) is 3.06. The van der Waals surface area contributed by atoms with E-state index in [2.05, 4.69) is 0 Å². The van der Waals surface area contributed by atoms with Gasteiger partial charge < -0.3 is 33.9 Å². The van der Waals surface area contributed by atoms with Gasteiger partial charge in [0.25, 0.3) is 0 Å². The van der Waals surface area contributed by atoms with E-state index in [4.69, 9.17) is 23.7 Å². The Hall–Kier alpha value is -0.770. The van der Waals surface area contributed by atoms with Gasteiger partial charge >= 0.3 is 5.97 Å². The monoisotopic (exact) mass is 386 g/mol. The summed E-state index contributed by atoms with van der Waals surface area (Å²) in [5.74, 6) is -0.953. The first kappa shape index (κ1) is 19.5. The van der Waals surface area contributed by atoms with Crippen molar-refractivity contribution in [2.24, 2.45) is 0 Å². The highest BCUT2D eigenvalue weighted by Gasteiger charge is 2.60. The molecule has 3 saturated heterocycles. The van der Waals surface area contributed by atoms with Crippen LogP contribution in [0, 0.1) is 0 Å². The molecule has 1 saturated carbocycles. The SMILES string of the molecule is COC(=O)C[C@H]1CC[C@@H]2O[C@@H]([C@@H](O)CO)[C@H]3OC4(CCCCC4)O[C@H]3[C@H]2O1. The third kappa shape index (κ3) is 3.75. The van der Waals surface area contributed by atoms with Crippen molar-refractivity contribution in [1.29, 1.82) is 0 Å². The normalized spacial score (nSPS) is 41.6.